The van der Waals surface area contributed by atoms with E-state index in [1.807, 2.05) is 279 Å². The molecule has 15 atom stereocenters. The highest BCUT2D eigenvalue weighted by Gasteiger charge is 2.58. The molecule has 0 aromatic heterocycles. The first kappa shape index (κ1) is 77.5. The summed E-state index contributed by atoms with van der Waals surface area (Å²) < 4.78 is 115. The van der Waals surface area contributed by atoms with E-state index >= 15 is 0 Å². The maximum atomic E-state index is 13.5. The van der Waals surface area contributed by atoms with Crippen molar-refractivity contribution in [3.8, 4) is 0 Å². The van der Waals surface area contributed by atoms with Crippen LogP contribution in [0.4, 0.5) is 0 Å². The average Bonchev–Trinajstić information content (AvgIpc) is 0.772. The SMILES string of the molecule is C=CCCCO[C@H]1O[C@H](COCc2ccccc2)[C@@H](OCc2ccccc2)[C@H](OCc2ccccc2)[C@@H]1O[C@H]1O[C@H](COC(=O)CCl)[C@@H](OCc2ccccc2)[C@H](OCc2ccccc2)[C@@H]1O[C@H]1O[C@H](COCc2ccccc2)[C@@H](OCc2ccccc2)[C@H](OCc2ccccc2)[C@@H]1OCc1ccccc1. The Kier molecular flexibility index (Phi) is 31.0. The minimum atomic E-state index is -1.53. The van der Waals surface area contributed by atoms with Crippen LogP contribution in [-0.4, -0.2) is 130 Å². The van der Waals surface area contributed by atoms with Crippen LogP contribution in [0.1, 0.15) is 62.9 Å². The third-order valence-corrected chi connectivity index (χ3v) is 18.7. The van der Waals surface area contributed by atoms with Crippen LogP contribution in [0.5, 0.6) is 0 Å². The largest absolute Gasteiger partial charge is 0.462 e. The molecule has 0 radical (unpaired) electrons. The number of halogens is 1. The fourth-order valence-electron chi connectivity index (χ4n) is 13.1. The van der Waals surface area contributed by atoms with E-state index in [1.165, 1.54) is 0 Å². The lowest BCUT2D eigenvalue weighted by Gasteiger charge is -2.52. The van der Waals surface area contributed by atoms with Gasteiger partial charge in [-0.2, -0.15) is 0 Å². The average molecular weight is 1460 g/mol. The summed E-state index contributed by atoms with van der Waals surface area (Å²) in [6, 6.07) is 89.0. The van der Waals surface area contributed by atoms with Gasteiger partial charge < -0.3 is 75.8 Å². The van der Waals surface area contributed by atoms with Crippen molar-refractivity contribution < 1.29 is 80.6 Å². The van der Waals surface area contributed by atoms with Crippen molar-refractivity contribution in [2.75, 3.05) is 32.3 Å². The molecule has 3 heterocycles. The first-order valence-corrected chi connectivity index (χ1v) is 37.0. The fourth-order valence-corrected chi connectivity index (χ4v) is 13.2. The van der Waals surface area contributed by atoms with Crippen LogP contribution < -0.4 is 0 Å². The molecule has 3 aliphatic rings. The summed E-state index contributed by atoms with van der Waals surface area (Å²) in [7, 11) is 0. The number of allylic oxidation sites excluding steroid dienone is 1. The van der Waals surface area contributed by atoms with Crippen molar-refractivity contribution in [3.63, 3.8) is 0 Å². The van der Waals surface area contributed by atoms with Crippen molar-refractivity contribution >= 4 is 17.6 Å². The summed E-state index contributed by atoms with van der Waals surface area (Å²) in [6.07, 6.45) is -13.5. The Morgan fingerprint density at radius 3 is 0.877 bits per heavy atom. The minimum absolute atomic E-state index is 0.0159. The lowest BCUT2D eigenvalue weighted by molar-refractivity contribution is -0.405. The van der Waals surface area contributed by atoms with Crippen molar-refractivity contribution in [2.24, 2.45) is 0 Å². The van der Waals surface area contributed by atoms with Gasteiger partial charge in [-0.3, -0.25) is 4.79 Å². The van der Waals surface area contributed by atoms with Crippen LogP contribution >= 0.6 is 11.6 Å². The molecule has 556 valence electrons. The second kappa shape index (κ2) is 42.4. The van der Waals surface area contributed by atoms with Gasteiger partial charge in [-0.25, -0.2) is 0 Å². The number of rotatable bonds is 41. The molecule has 3 saturated heterocycles. The second-order valence-corrected chi connectivity index (χ2v) is 26.5. The molecule has 0 spiro atoms. The van der Waals surface area contributed by atoms with E-state index in [2.05, 4.69) is 6.58 Å². The number of esters is 1. The van der Waals surface area contributed by atoms with Gasteiger partial charge in [0.1, 0.15) is 85.7 Å². The number of carbonyl (C=O) groups is 1. The van der Waals surface area contributed by atoms with Crippen LogP contribution in [-0.2, 0) is 140 Å². The molecule has 12 rings (SSSR count). The van der Waals surface area contributed by atoms with E-state index in [4.69, 9.17) is 87.4 Å². The molecular weight excluding hydrogens is 1360 g/mol. The van der Waals surface area contributed by atoms with Crippen molar-refractivity contribution in [3.05, 3.63) is 336 Å². The highest BCUT2D eigenvalue weighted by atomic mass is 35.5. The molecule has 0 N–H and O–H groups in total. The number of hydrogen-bond donors (Lipinski definition) is 0. The van der Waals surface area contributed by atoms with Gasteiger partial charge in [0.2, 0.25) is 0 Å². The number of unbranched alkanes of at least 4 members (excludes halogenated alkanes) is 1. The highest BCUT2D eigenvalue weighted by Crippen LogP contribution is 2.40. The molecule has 17 nitrogen and oxygen atoms in total. The molecule has 0 aliphatic carbocycles. The molecule has 0 unspecified atom stereocenters. The molecule has 9 aromatic rings. The summed E-state index contributed by atoms with van der Waals surface area (Å²) >= 11 is 6.25. The topological polar surface area (TPSA) is 165 Å². The predicted octanol–water partition coefficient (Wildman–Crippen LogP) is 15.2. The van der Waals surface area contributed by atoms with Crippen LogP contribution in [0.15, 0.2) is 286 Å². The van der Waals surface area contributed by atoms with Crippen LogP contribution in [0.3, 0.4) is 0 Å². The quantitative estimate of drug-likeness (QED) is 0.0154. The zero-order valence-corrected chi connectivity index (χ0v) is 60.3. The number of alkyl halides is 1. The number of benzene rings is 9. The van der Waals surface area contributed by atoms with Crippen molar-refractivity contribution in [2.45, 2.75) is 164 Å². The first-order valence-electron chi connectivity index (χ1n) is 36.4. The van der Waals surface area contributed by atoms with E-state index in [0.29, 0.717) is 12.8 Å². The van der Waals surface area contributed by atoms with E-state index in [1.54, 1.807) is 0 Å². The summed E-state index contributed by atoms with van der Waals surface area (Å²) in [5.74, 6) is -1.12. The lowest BCUT2D eigenvalue weighted by atomic mass is 9.95. The van der Waals surface area contributed by atoms with Gasteiger partial charge in [-0.1, -0.05) is 279 Å². The van der Waals surface area contributed by atoms with Gasteiger partial charge in [0.15, 0.2) is 18.9 Å². The molecule has 3 aliphatic heterocycles. The Morgan fingerprint density at radius 1 is 0.311 bits per heavy atom. The minimum Gasteiger partial charge on any atom is -0.462 e. The zero-order chi connectivity index (χ0) is 72.6. The summed E-state index contributed by atoms with van der Waals surface area (Å²) in [6.45, 7) is 5.31. The molecule has 0 bridgehead atoms. The highest BCUT2D eigenvalue weighted by molar-refractivity contribution is 6.26. The third-order valence-electron chi connectivity index (χ3n) is 18.5. The molecule has 106 heavy (non-hydrogen) atoms. The number of ether oxygens (including phenoxy) is 16. The van der Waals surface area contributed by atoms with Gasteiger partial charge in [0.05, 0.1) is 79.3 Å². The molecule has 0 saturated carbocycles. The van der Waals surface area contributed by atoms with E-state index < -0.39 is 104 Å². The van der Waals surface area contributed by atoms with E-state index in [9.17, 15) is 4.79 Å². The van der Waals surface area contributed by atoms with Gasteiger partial charge in [0, 0.05) is 0 Å². The zero-order valence-electron chi connectivity index (χ0n) is 59.6. The van der Waals surface area contributed by atoms with Gasteiger partial charge in [0.25, 0.3) is 0 Å². The van der Waals surface area contributed by atoms with Crippen LogP contribution in [0.25, 0.3) is 0 Å². The number of hydrogen-bond acceptors (Lipinski definition) is 17. The maximum Gasteiger partial charge on any atom is 0.320 e. The van der Waals surface area contributed by atoms with Gasteiger partial charge in [-0.15, -0.1) is 18.2 Å². The Hall–Kier alpha value is -8.12. The fraction of sp³-hybridized carbons (Fsp3) is 0.352. The Bertz CT molecular complexity index is 3880. The second-order valence-electron chi connectivity index (χ2n) is 26.3. The van der Waals surface area contributed by atoms with Gasteiger partial charge in [-0.05, 0) is 62.9 Å². The predicted molar refractivity (Wildman–Crippen MR) is 400 cm³/mol. The van der Waals surface area contributed by atoms with E-state index in [0.717, 1.165) is 50.1 Å². The normalized spacial score (nSPS) is 24.4. The Labute approximate surface area is 627 Å². The molecule has 3 fully saturated rings. The lowest BCUT2D eigenvalue weighted by Crippen LogP contribution is -2.68. The molecular formula is C88H95ClO17. The standard InChI is InChI=1S/C88H95ClO17/c1-2-3-31-50-93-86-84(81(99-58-70-44-25-10-26-45-70)78(96-55-67-38-19-7-20-39-67)73(102-86)61-91-52-64-32-13-4-14-33-64)105-88-85(82(100-59-71-46-27-11-28-47-71)79(75(104-88)63-94-76(90)51-89)97-56-68-40-21-8-22-41-68)106-87-83(101-60-72-48-29-12-30-49-72)80(98-57-69-42-23-9-24-43-69)77(95-54-66-36-17-6-18-37-66)74(103-87)62-92-53-65-34-15-5-16-35-65/h2,4-30,32-49,73-75,77-88H,1,3,31,50-63H2/t73-,74-,75-,77-,78-,79-,80+,81+,82+,83+,84+,85+,86+,87-,88-/m1/s1. The third kappa shape index (κ3) is 23.4. The number of carbonyl (C=O) groups excluding carboxylic acids is 1. The van der Waals surface area contributed by atoms with E-state index in [-0.39, 0.29) is 85.9 Å². The van der Waals surface area contributed by atoms with Gasteiger partial charge >= 0.3 is 5.97 Å². The van der Waals surface area contributed by atoms with Crippen molar-refractivity contribution in [1.82, 2.24) is 0 Å². The molecule has 0 amide bonds. The van der Waals surface area contributed by atoms with Crippen molar-refractivity contribution in [1.29, 1.82) is 0 Å². The summed E-state index contributed by atoms with van der Waals surface area (Å²) in [5.41, 5.74) is 8.11. The smallest absolute Gasteiger partial charge is 0.320 e. The van der Waals surface area contributed by atoms with Crippen LogP contribution in [0, 0.1) is 0 Å². The Balaban J connectivity index is 1.01. The Morgan fingerprint density at radius 2 is 0.566 bits per heavy atom. The molecule has 9 aromatic carbocycles. The summed E-state index contributed by atoms with van der Waals surface area (Å²) in [4.78, 5) is 13.5. The first-order chi connectivity index (χ1) is 52.4. The van der Waals surface area contributed by atoms with Crippen LogP contribution in [0.2, 0.25) is 0 Å². The maximum absolute atomic E-state index is 13.5. The molecule has 18 heteroatoms. The summed E-state index contributed by atoms with van der Waals surface area (Å²) in [5, 5.41) is 0. The monoisotopic (exact) mass is 1460 g/mol.